The summed E-state index contributed by atoms with van der Waals surface area (Å²) in [5.41, 5.74) is 2.41. The monoisotopic (exact) mass is 619 g/mol. The number of likely N-dealkylation sites (N-methyl/N-ethyl adjacent to an activating group) is 1. The van der Waals surface area contributed by atoms with E-state index in [4.69, 9.17) is 5.73 Å². The van der Waals surface area contributed by atoms with Gasteiger partial charge in [-0.3, -0.25) is 19.3 Å². The van der Waals surface area contributed by atoms with Crippen molar-refractivity contribution in [3.8, 4) is 5.75 Å². The summed E-state index contributed by atoms with van der Waals surface area (Å²) in [7, 11) is 3.00. The number of Topliss-reactive ketones (excluding diaryl/α,β-unsaturated/α-hetero) is 2. The second-order valence-corrected chi connectivity index (χ2v) is 13.3. The van der Waals surface area contributed by atoms with Crippen molar-refractivity contribution in [2.75, 3.05) is 26.0 Å². The lowest BCUT2D eigenvalue weighted by Crippen LogP contribution is -2.68. The number of aliphatic hydroxyl groups is 4. The molecule has 0 fully saturated rings. The Labute approximate surface area is 261 Å². The Morgan fingerprint density at radius 2 is 1.71 bits per heavy atom. The summed E-state index contributed by atoms with van der Waals surface area (Å²) in [4.78, 5) is 41.4. The van der Waals surface area contributed by atoms with Gasteiger partial charge in [0.25, 0.3) is 5.91 Å². The Bertz CT molecular complexity index is 1630. The van der Waals surface area contributed by atoms with Gasteiger partial charge in [-0.05, 0) is 56.0 Å². The minimum absolute atomic E-state index is 0.0801. The molecule has 240 valence electrons. The van der Waals surface area contributed by atoms with E-state index in [0.29, 0.717) is 24.1 Å². The number of carbonyl (C=O) groups is 3. The van der Waals surface area contributed by atoms with Crippen LogP contribution in [-0.2, 0) is 15.0 Å². The Kier molecular flexibility index (Phi) is 8.10. The van der Waals surface area contributed by atoms with Crippen molar-refractivity contribution in [2.24, 2.45) is 17.6 Å². The van der Waals surface area contributed by atoms with Gasteiger partial charge in [-0.15, -0.1) is 0 Å². The first-order valence-corrected chi connectivity index (χ1v) is 15.1. The SMILES string of the molecule is C[C@H]1c2ccc(C(C)(C)CCCNc3ccccc3)c(O)c2C(=O)C2=C(O)[C@]3(O)C(=O)C(C(N)=O)=C(O)[C@@H](N(C)C)[C@@H]3[C@@H](O)[C@@H]21. The number of anilines is 1. The van der Waals surface area contributed by atoms with Crippen LogP contribution in [0.4, 0.5) is 5.69 Å². The van der Waals surface area contributed by atoms with Gasteiger partial charge in [-0.25, -0.2) is 0 Å². The molecule has 5 rings (SSSR count). The van der Waals surface area contributed by atoms with Gasteiger partial charge in [0.05, 0.1) is 23.6 Å². The van der Waals surface area contributed by atoms with E-state index in [1.54, 1.807) is 19.1 Å². The van der Waals surface area contributed by atoms with Crippen LogP contribution in [0.15, 0.2) is 65.1 Å². The van der Waals surface area contributed by atoms with Crippen LogP contribution in [0, 0.1) is 11.8 Å². The molecule has 0 aromatic heterocycles. The number of hydrogen-bond acceptors (Lipinski definition) is 10. The number of fused-ring (bicyclic) bond motifs is 3. The first-order valence-electron chi connectivity index (χ1n) is 15.1. The van der Waals surface area contributed by atoms with Crippen LogP contribution in [-0.4, -0.2) is 86.3 Å². The number of aliphatic hydroxyl groups excluding tert-OH is 3. The molecule has 45 heavy (non-hydrogen) atoms. The van der Waals surface area contributed by atoms with Gasteiger partial charge < -0.3 is 36.6 Å². The van der Waals surface area contributed by atoms with Crippen LogP contribution in [0.1, 0.15) is 61.0 Å². The van der Waals surface area contributed by atoms with Crippen LogP contribution in [0.3, 0.4) is 0 Å². The second-order valence-electron chi connectivity index (χ2n) is 13.3. The summed E-state index contributed by atoms with van der Waals surface area (Å²) in [6.45, 7) is 6.32. The van der Waals surface area contributed by atoms with Crippen LogP contribution in [0.25, 0.3) is 0 Å². The number of phenols is 1. The number of rotatable bonds is 8. The fourth-order valence-corrected chi connectivity index (χ4v) is 7.62. The van der Waals surface area contributed by atoms with Crippen molar-refractivity contribution in [3.63, 3.8) is 0 Å². The van der Waals surface area contributed by atoms with E-state index < -0.39 is 81.1 Å². The maximum atomic E-state index is 14.2. The van der Waals surface area contributed by atoms with Crippen molar-refractivity contribution in [3.05, 3.63) is 81.8 Å². The zero-order valence-electron chi connectivity index (χ0n) is 26.0. The summed E-state index contributed by atoms with van der Waals surface area (Å²) >= 11 is 0. The summed E-state index contributed by atoms with van der Waals surface area (Å²) in [5.74, 6) is -8.92. The van der Waals surface area contributed by atoms with Crippen molar-refractivity contribution in [1.82, 2.24) is 4.90 Å². The molecule has 0 aliphatic heterocycles. The highest BCUT2D eigenvalue weighted by Gasteiger charge is 2.67. The molecule has 0 bridgehead atoms. The predicted octanol–water partition coefficient (Wildman–Crippen LogP) is 2.82. The molecule has 11 heteroatoms. The maximum Gasteiger partial charge on any atom is 0.255 e. The maximum absolute atomic E-state index is 14.2. The molecule has 0 radical (unpaired) electrons. The number of carbonyl (C=O) groups excluding carboxylic acids is 3. The molecule has 0 spiro atoms. The highest BCUT2D eigenvalue weighted by molar-refractivity contribution is 6.25. The largest absolute Gasteiger partial charge is 0.510 e. The third kappa shape index (κ3) is 4.81. The number of nitrogens with two attached hydrogens (primary N) is 1. The predicted molar refractivity (Wildman–Crippen MR) is 167 cm³/mol. The molecule has 0 heterocycles. The average Bonchev–Trinajstić information content (AvgIpc) is 2.97. The number of primary amides is 1. The molecule has 6 atom stereocenters. The topological polar surface area (TPSA) is 194 Å². The van der Waals surface area contributed by atoms with Crippen LogP contribution < -0.4 is 11.1 Å². The quantitative estimate of drug-likeness (QED) is 0.171. The zero-order valence-corrected chi connectivity index (χ0v) is 26.0. The number of aromatic hydroxyl groups is 1. The summed E-state index contributed by atoms with van der Waals surface area (Å²) in [5, 5.41) is 61.2. The van der Waals surface area contributed by atoms with E-state index in [0.717, 1.165) is 12.1 Å². The Morgan fingerprint density at radius 1 is 1.07 bits per heavy atom. The van der Waals surface area contributed by atoms with E-state index in [9.17, 15) is 39.9 Å². The van der Waals surface area contributed by atoms with Crippen molar-refractivity contribution in [1.29, 1.82) is 0 Å². The number of amides is 1. The van der Waals surface area contributed by atoms with Crippen LogP contribution >= 0.6 is 0 Å². The third-order valence-corrected chi connectivity index (χ3v) is 9.94. The van der Waals surface area contributed by atoms with Gasteiger partial charge in [0.2, 0.25) is 5.78 Å². The third-order valence-electron chi connectivity index (χ3n) is 9.94. The average molecular weight is 620 g/mol. The Hall–Kier alpha value is -4.19. The number of ketones is 2. The number of para-hydroxylation sites is 1. The number of hydrogen-bond donors (Lipinski definition) is 7. The summed E-state index contributed by atoms with van der Waals surface area (Å²) in [6.07, 6.45) is -0.211. The second kappa shape index (κ2) is 11.3. The Morgan fingerprint density at radius 3 is 2.31 bits per heavy atom. The molecule has 3 aliphatic carbocycles. The number of nitrogens with zero attached hydrogens (tertiary/aromatic N) is 1. The van der Waals surface area contributed by atoms with Gasteiger partial charge >= 0.3 is 0 Å². The van der Waals surface area contributed by atoms with Gasteiger partial charge in [-0.2, -0.15) is 0 Å². The fourth-order valence-electron chi connectivity index (χ4n) is 7.62. The first kappa shape index (κ1) is 32.2. The fraction of sp³-hybridized carbons (Fsp3) is 0.441. The van der Waals surface area contributed by atoms with Gasteiger partial charge in [0, 0.05) is 29.3 Å². The standard InChI is InChI=1S/C34H41N3O8/c1-16-18-12-13-19(33(2,3)14-9-15-36-17-10-7-6-8-11-17)26(38)21(18)27(39)22-20(16)28(40)24-25(37(4)5)29(41)23(32(35)44)31(43)34(24,45)30(22)42/h6-8,10-13,16,20,24-25,28,36,38,40-42,45H,9,14-15H2,1-5H3,(H2,35,44)/t16-,20+,24+,25-,28-,34-/m0/s1. The molecule has 0 saturated carbocycles. The van der Waals surface area contributed by atoms with E-state index in [-0.39, 0.29) is 11.3 Å². The molecule has 2 aromatic rings. The summed E-state index contributed by atoms with van der Waals surface area (Å²) < 4.78 is 0. The number of nitrogens with one attached hydrogen (secondary N) is 1. The minimum atomic E-state index is -2.94. The molecular formula is C34H41N3O8. The molecule has 0 unspecified atom stereocenters. The van der Waals surface area contributed by atoms with E-state index in [1.165, 1.54) is 19.0 Å². The zero-order chi connectivity index (χ0) is 33.2. The normalized spacial score (nSPS) is 28.1. The van der Waals surface area contributed by atoms with Crippen molar-refractivity contribution < 1.29 is 39.9 Å². The highest BCUT2D eigenvalue weighted by Crippen LogP contribution is 2.56. The number of benzene rings is 2. The molecule has 11 nitrogen and oxygen atoms in total. The Balaban J connectivity index is 1.56. The van der Waals surface area contributed by atoms with Crippen LogP contribution in [0.5, 0.6) is 5.75 Å². The van der Waals surface area contributed by atoms with Gasteiger partial charge in [0.1, 0.15) is 22.8 Å². The first-order chi connectivity index (χ1) is 21.1. The molecule has 3 aliphatic rings. The molecule has 8 N–H and O–H groups in total. The van der Waals surface area contributed by atoms with E-state index >= 15 is 0 Å². The van der Waals surface area contributed by atoms with E-state index in [2.05, 4.69) is 5.32 Å². The molecule has 0 saturated heterocycles. The summed E-state index contributed by atoms with van der Waals surface area (Å²) in [6, 6.07) is 12.0. The minimum Gasteiger partial charge on any atom is -0.510 e. The molecular weight excluding hydrogens is 578 g/mol. The lowest BCUT2D eigenvalue weighted by molar-refractivity contribution is -0.162. The number of phenolic OH excluding ortho intramolecular Hbond substituents is 1. The molecule has 2 aromatic carbocycles. The highest BCUT2D eigenvalue weighted by atomic mass is 16.4. The van der Waals surface area contributed by atoms with E-state index in [1.807, 2.05) is 44.2 Å². The van der Waals surface area contributed by atoms with Crippen LogP contribution in [0.2, 0.25) is 0 Å². The lowest BCUT2D eigenvalue weighted by atomic mass is 9.55. The van der Waals surface area contributed by atoms with Gasteiger partial charge in [0.15, 0.2) is 11.4 Å². The molecule has 1 amide bonds. The van der Waals surface area contributed by atoms with Gasteiger partial charge in [-0.1, -0.05) is 51.1 Å². The van der Waals surface area contributed by atoms with Crippen molar-refractivity contribution >= 4 is 23.2 Å². The smallest absolute Gasteiger partial charge is 0.255 e. The lowest BCUT2D eigenvalue weighted by Gasteiger charge is -2.53. The van der Waals surface area contributed by atoms with Crippen molar-refractivity contribution in [2.45, 2.75) is 62.7 Å².